The van der Waals surface area contributed by atoms with Gasteiger partial charge in [0.15, 0.2) is 5.82 Å². The number of hydrogen-bond acceptors (Lipinski definition) is 9. The van der Waals surface area contributed by atoms with Crippen LogP contribution in [-0.2, 0) is 16.6 Å². The number of aryl methyl sites for hydroxylation is 1. The van der Waals surface area contributed by atoms with E-state index in [0.29, 0.717) is 19.0 Å². The van der Waals surface area contributed by atoms with Gasteiger partial charge in [-0.1, -0.05) is 0 Å². The molecule has 4 heterocycles. The Morgan fingerprint density at radius 2 is 1.75 bits per heavy atom. The van der Waals surface area contributed by atoms with E-state index in [4.69, 9.17) is 4.74 Å². The second-order valence-electron chi connectivity index (χ2n) is 10.4. The van der Waals surface area contributed by atoms with Crippen LogP contribution in [0.15, 0.2) is 42.5 Å². The molecular formula is C27H32N8O5. The molecule has 13 nitrogen and oxygen atoms in total. The SMILES string of the molecule is Cn1nc(N2CCC(=O)NC2=O)c2ccc(N3CCO[C@@H](CN4CCN(c5ccc([N+](=O)[O-])cc5)CC4)C3)cc21. The molecule has 3 aliphatic heterocycles. The number of nitro groups is 1. The van der Waals surface area contributed by atoms with E-state index in [0.717, 1.165) is 68.1 Å². The minimum absolute atomic E-state index is 0.0760. The highest BCUT2D eigenvalue weighted by Gasteiger charge is 2.29. The quantitative estimate of drug-likeness (QED) is 0.363. The number of piperazine rings is 1. The molecule has 1 atom stereocenters. The Bertz CT molecular complexity index is 1430. The summed E-state index contributed by atoms with van der Waals surface area (Å²) in [6.07, 6.45) is 0.329. The molecule has 210 valence electrons. The summed E-state index contributed by atoms with van der Waals surface area (Å²) in [5.74, 6) is 0.291. The number of benzene rings is 2. The standard InChI is InChI=1S/C27H32N8O5/c1-30-24-16-21(6-7-23(24)26(29-30)34-9-8-25(36)28-27(34)37)33-14-15-40-22(18-33)17-31-10-12-32(13-11-31)19-2-4-20(5-3-19)35(38)39/h2-7,16,22H,8-15,17-18H2,1H3,(H,28,36,37)/t22-/m0/s1. The highest BCUT2D eigenvalue weighted by Crippen LogP contribution is 2.31. The van der Waals surface area contributed by atoms with Crippen LogP contribution in [0.25, 0.3) is 10.9 Å². The number of morpholine rings is 1. The summed E-state index contributed by atoms with van der Waals surface area (Å²) in [6, 6.07) is 12.5. The number of ether oxygens (including phenoxy) is 1. The molecule has 3 aromatic rings. The highest BCUT2D eigenvalue weighted by molar-refractivity contribution is 6.09. The lowest BCUT2D eigenvalue weighted by Gasteiger charge is -2.40. The molecule has 13 heteroatoms. The van der Waals surface area contributed by atoms with Gasteiger partial charge in [-0.05, 0) is 30.3 Å². The molecule has 3 aliphatic rings. The van der Waals surface area contributed by atoms with E-state index in [9.17, 15) is 19.7 Å². The predicted molar refractivity (Wildman–Crippen MR) is 150 cm³/mol. The van der Waals surface area contributed by atoms with E-state index in [2.05, 4.69) is 37.2 Å². The lowest BCUT2D eigenvalue weighted by molar-refractivity contribution is -0.384. The summed E-state index contributed by atoms with van der Waals surface area (Å²) < 4.78 is 7.92. The van der Waals surface area contributed by atoms with Crippen LogP contribution in [0.4, 0.5) is 27.7 Å². The zero-order valence-electron chi connectivity index (χ0n) is 22.4. The molecule has 3 fully saturated rings. The minimum atomic E-state index is -0.440. The molecule has 0 spiro atoms. The Labute approximate surface area is 231 Å². The number of carbonyl (C=O) groups excluding carboxylic acids is 2. The van der Waals surface area contributed by atoms with Crippen molar-refractivity contribution in [1.82, 2.24) is 20.0 Å². The number of fused-ring (bicyclic) bond motifs is 1. The van der Waals surface area contributed by atoms with Crippen LogP contribution in [-0.4, -0.2) is 96.6 Å². The van der Waals surface area contributed by atoms with Crippen LogP contribution >= 0.6 is 0 Å². The van der Waals surface area contributed by atoms with E-state index < -0.39 is 6.03 Å². The lowest BCUT2D eigenvalue weighted by Crippen LogP contribution is -2.52. The zero-order valence-corrected chi connectivity index (χ0v) is 22.4. The number of imide groups is 1. The molecule has 1 aromatic heterocycles. The zero-order chi connectivity index (χ0) is 27.8. The molecule has 0 saturated carbocycles. The van der Waals surface area contributed by atoms with Crippen molar-refractivity contribution >= 4 is 45.7 Å². The number of nitrogens with zero attached hydrogens (tertiary/aromatic N) is 7. The molecule has 0 aliphatic carbocycles. The smallest absolute Gasteiger partial charge is 0.329 e. The Hall–Kier alpha value is -4.23. The largest absolute Gasteiger partial charge is 0.373 e. The topological polar surface area (TPSA) is 129 Å². The number of aromatic nitrogens is 2. The number of nitrogens with one attached hydrogen (secondary N) is 1. The molecular weight excluding hydrogens is 516 g/mol. The van der Waals surface area contributed by atoms with Gasteiger partial charge in [0.25, 0.3) is 5.69 Å². The first-order valence-electron chi connectivity index (χ1n) is 13.5. The van der Waals surface area contributed by atoms with Crippen LogP contribution in [0, 0.1) is 10.1 Å². The summed E-state index contributed by atoms with van der Waals surface area (Å²) in [6.45, 7) is 6.87. The number of carbonyl (C=O) groups is 2. The number of hydrogen-bond donors (Lipinski definition) is 1. The van der Waals surface area contributed by atoms with Gasteiger partial charge >= 0.3 is 6.03 Å². The van der Waals surface area contributed by atoms with Gasteiger partial charge in [0, 0.05) is 94.7 Å². The highest BCUT2D eigenvalue weighted by atomic mass is 16.6. The third-order valence-electron chi connectivity index (χ3n) is 7.89. The number of rotatable bonds is 6. The molecule has 0 bridgehead atoms. The van der Waals surface area contributed by atoms with Gasteiger partial charge in [-0.3, -0.25) is 34.7 Å². The van der Waals surface area contributed by atoms with E-state index >= 15 is 0 Å². The summed E-state index contributed by atoms with van der Waals surface area (Å²) in [5, 5.41) is 18.8. The molecule has 6 rings (SSSR count). The maximum atomic E-state index is 12.4. The fourth-order valence-electron chi connectivity index (χ4n) is 5.72. The third kappa shape index (κ3) is 5.17. The van der Waals surface area contributed by atoms with Crippen LogP contribution in [0.5, 0.6) is 0 Å². The van der Waals surface area contributed by atoms with Gasteiger partial charge in [0.05, 0.1) is 23.2 Å². The number of amides is 3. The molecule has 3 amide bonds. The van der Waals surface area contributed by atoms with Crippen molar-refractivity contribution in [2.45, 2.75) is 12.5 Å². The first-order chi connectivity index (χ1) is 19.4. The molecule has 0 unspecified atom stereocenters. The average Bonchev–Trinajstić information content (AvgIpc) is 3.29. The van der Waals surface area contributed by atoms with Gasteiger partial charge in [-0.25, -0.2) is 4.79 Å². The van der Waals surface area contributed by atoms with Crippen molar-refractivity contribution in [2.75, 3.05) is 73.7 Å². The van der Waals surface area contributed by atoms with Gasteiger partial charge in [-0.2, -0.15) is 5.10 Å². The van der Waals surface area contributed by atoms with E-state index in [1.165, 1.54) is 4.90 Å². The summed E-state index contributed by atoms with van der Waals surface area (Å²) in [4.78, 5) is 43.1. The normalized spacial score (nSPS) is 20.7. The van der Waals surface area contributed by atoms with Crippen molar-refractivity contribution < 1.29 is 19.2 Å². The fourth-order valence-corrected chi connectivity index (χ4v) is 5.72. The van der Waals surface area contributed by atoms with Crippen molar-refractivity contribution in [3.05, 3.63) is 52.6 Å². The van der Waals surface area contributed by atoms with Gasteiger partial charge < -0.3 is 14.5 Å². The molecule has 40 heavy (non-hydrogen) atoms. The number of nitro benzene ring substituents is 1. The third-order valence-corrected chi connectivity index (χ3v) is 7.89. The Morgan fingerprint density at radius 1 is 1.00 bits per heavy atom. The first kappa shape index (κ1) is 26.0. The van der Waals surface area contributed by atoms with Crippen LogP contribution in [0.2, 0.25) is 0 Å². The average molecular weight is 549 g/mol. The van der Waals surface area contributed by atoms with Crippen LogP contribution in [0.1, 0.15) is 6.42 Å². The molecule has 1 N–H and O–H groups in total. The van der Waals surface area contributed by atoms with Crippen molar-refractivity contribution in [3.63, 3.8) is 0 Å². The maximum absolute atomic E-state index is 12.4. The number of anilines is 3. The Morgan fingerprint density at radius 3 is 2.48 bits per heavy atom. The summed E-state index contributed by atoms with van der Waals surface area (Å²) in [5.41, 5.74) is 3.11. The lowest BCUT2D eigenvalue weighted by atomic mass is 10.1. The van der Waals surface area contributed by atoms with Gasteiger partial charge in [-0.15, -0.1) is 0 Å². The van der Waals surface area contributed by atoms with E-state index in [-0.39, 0.29) is 29.0 Å². The predicted octanol–water partition coefficient (Wildman–Crippen LogP) is 1.96. The van der Waals surface area contributed by atoms with E-state index in [1.807, 2.05) is 25.2 Å². The molecule has 3 saturated heterocycles. The van der Waals surface area contributed by atoms with Crippen LogP contribution < -0.4 is 20.0 Å². The second-order valence-corrected chi connectivity index (χ2v) is 10.4. The summed E-state index contributed by atoms with van der Waals surface area (Å²) in [7, 11) is 1.86. The minimum Gasteiger partial charge on any atom is -0.373 e. The van der Waals surface area contributed by atoms with Crippen molar-refractivity contribution in [1.29, 1.82) is 0 Å². The van der Waals surface area contributed by atoms with E-state index in [1.54, 1.807) is 16.8 Å². The number of non-ortho nitro benzene ring substituents is 1. The van der Waals surface area contributed by atoms with Crippen molar-refractivity contribution in [3.8, 4) is 0 Å². The number of urea groups is 1. The summed E-state index contributed by atoms with van der Waals surface area (Å²) >= 11 is 0. The fraction of sp³-hybridized carbons (Fsp3) is 0.444. The van der Waals surface area contributed by atoms with Gasteiger partial charge in [0.1, 0.15) is 0 Å². The molecule has 2 aromatic carbocycles. The molecule has 0 radical (unpaired) electrons. The first-order valence-corrected chi connectivity index (χ1v) is 13.5. The Kier molecular flexibility index (Phi) is 6.98. The van der Waals surface area contributed by atoms with Gasteiger partial charge in [0.2, 0.25) is 5.91 Å². The monoisotopic (exact) mass is 548 g/mol. The second kappa shape index (κ2) is 10.7. The van der Waals surface area contributed by atoms with Crippen LogP contribution in [0.3, 0.4) is 0 Å². The Balaban J connectivity index is 1.08. The van der Waals surface area contributed by atoms with Crippen molar-refractivity contribution in [2.24, 2.45) is 7.05 Å². The maximum Gasteiger partial charge on any atom is 0.329 e.